The molecule has 1 aromatic carbocycles. The molecule has 1 saturated carbocycles. The maximum Gasteiger partial charge on any atom is 0.240 e. The molecule has 96 valence electrons. The minimum absolute atomic E-state index is 0. The second-order valence-corrected chi connectivity index (χ2v) is 4.45. The molecular weight excluding hydrogens is 250 g/mol. The van der Waals surface area contributed by atoms with Crippen LogP contribution in [0.1, 0.15) is 18.7 Å². The Kier molecular flexibility index (Phi) is 4.33. The van der Waals surface area contributed by atoms with Crippen molar-refractivity contribution in [2.45, 2.75) is 19.4 Å². The molecule has 1 aliphatic rings. The van der Waals surface area contributed by atoms with Gasteiger partial charge in [0.25, 0.3) is 0 Å². The number of benzene rings is 1. The van der Waals surface area contributed by atoms with Gasteiger partial charge < -0.3 is 9.84 Å². The summed E-state index contributed by atoms with van der Waals surface area (Å²) in [4.78, 5) is 4.36. The first-order chi connectivity index (χ1) is 8.42. The van der Waals surface area contributed by atoms with Gasteiger partial charge in [-0.1, -0.05) is 35.5 Å². The smallest absolute Gasteiger partial charge is 0.240 e. The molecule has 0 amide bonds. The summed E-state index contributed by atoms with van der Waals surface area (Å²) in [7, 11) is 0. The van der Waals surface area contributed by atoms with Crippen LogP contribution in [0.15, 0.2) is 34.9 Å². The predicted molar refractivity (Wildman–Crippen MR) is 71.4 cm³/mol. The highest BCUT2D eigenvalue weighted by molar-refractivity contribution is 5.85. The van der Waals surface area contributed by atoms with Crippen LogP contribution in [0, 0.1) is 5.92 Å². The molecule has 0 atom stereocenters. The van der Waals surface area contributed by atoms with Gasteiger partial charge in [-0.25, -0.2) is 0 Å². The summed E-state index contributed by atoms with van der Waals surface area (Å²) in [6, 6.07) is 9.87. The number of hydrogen-bond acceptors (Lipinski definition) is 4. The largest absolute Gasteiger partial charge is 0.338 e. The number of aromatic nitrogens is 2. The lowest BCUT2D eigenvalue weighted by atomic mass is 10.2. The van der Waals surface area contributed by atoms with E-state index in [-0.39, 0.29) is 12.4 Å². The van der Waals surface area contributed by atoms with Crippen LogP contribution in [-0.2, 0) is 6.54 Å². The molecule has 0 radical (unpaired) electrons. The van der Waals surface area contributed by atoms with E-state index in [1.165, 1.54) is 12.8 Å². The highest BCUT2D eigenvalue weighted by atomic mass is 35.5. The van der Waals surface area contributed by atoms with Crippen molar-refractivity contribution >= 4 is 12.4 Å². The second kappa shape index (κ2) is 5.98. The molecule has 3 rings (SSSR count). The molecule has 0 bridgehead atoms. The van der Waals surface area contributed by atoms with Gasteiger partial charge >= 0.3 is 0 Å². The van der Waals surface area contributed by atoms with E-state index in [2.05, 4.69) is 15.5 Å². The highest BCUT2D eigenvalue weighted by Crippen LogP contribution is 2.27. The van der Waals surface area contributed by atoms with Gasteiger partial charge in [0.05, 0.1) is 6.54 Å². The lowest BCUT2D eigenvalue weighted by Gasteiger charge is -1.97. The predicted octanol–water partition coefficient (Wildman–Crippen LogP) is 2.66. The van der Waals surface area contributed by atoms with Crippen LogP contribution >= 0.6 is 12.4 Å². The van der Waals surface area contributed by atoms with Crippen LogP contribution in [-0.4, -0.2) is 16.7 Å². The van der Waals surface area contributed by atoms with Gasteiger partial charge in [0.2, 0.25) is 11.7 Å². The fourth-order valence-electron chi connectivity index (χ4n) is 1.74. The van der Waals surface area contributed by atoms with E-state index in [9.17, 15) is 0 Å². The molecule has 0 aliphatic heterocycles. The molecule has 1 aromatic heterocycles. The Morgan fingerprint density at radius 3 is 2.72 bits per heavy atom. The number of hydrogen-bond donors (Lipinski definition) is 1. The summed E-state index contributed by atoms with van der Waals surface area (Å²) < 4.78 is 5.20. The minimum Gasteiger partial charge on any atom is -0.338 e. The SMILES string of the molecule is Cl.c1ccc(-c2noc(CNCC3CC3)n2)cc1. The summed E-state index contributed by atoms with van der Waals surface area (Å²) in [5.74, 6) is 2.19. The quantitative estimate of drug-likeness (QED) is 0.903. The zero-order valence-electron chi connectivity index (χ0n) is 10.0. The lowest BCUT2D eigenvalue weighted by Crippen LogP contribution is -2.16. The Hall–Kier alpha value is -1.39. The summed E-state index contributed by atoms with van der Waals surface area (Å²) in [6.07, 6.45) is 2.71. The van der Waals surface area contributed by atoms with E-state index in [0.717, 1.165) is 18.0 Å². The molecule has 0 saturated heterocycles. The number of rotatable bonds is 5. The zero-order valence-corrected chi connectivity index (χ0v) is 10.8. The Bertz CT molecular complexity index is 482. The maximum absolute atomic E-state index is 5.20. The van der Waals surface area contributed by atoms with E-state index < -0.39 is 0 Å². The fourth-order valence-corrected chi connectivity index (χ4v) is 1.74. The third-order valence-electron chi connectivity index (χ3n) is 2.91. The lowest BCUT2D eigenvalue weighted by molar-refractivity contribution is 0.367. The van der Waals surface area contributed by atoms with Gasteiger partial charge in [-0.05, 0) is 25.3 Å². The fraction of sp³-hybridized carbons (Fsp3) is 0.385. The van der Waals surface area contributed by atoms with Gasteiger partial charge in [0.1, 0.15) is 0 Å². The number of nitrogens with zero attached hydrogens (tertiary/aromatic N) is 2. The molecule has 0 spiro atoms. The van der Waals surface area contributed by atoms with E-state index in [4.69, 9.17) is 4.52 Å². The summed E-state index contributed by atoms with van der Waals surface area (Å²) in [5.41, 5.74) is 0.990. The van der Waals surface area contributed by atoms with Crippen molar-refractivity contribution in [2.24, 2.45) is 5.92 Å². The normalized spacial score (nSPS) is 14.2. The van der Waals surface area contributed by atoms with Gasteiger partial charge in [-0.2, -0.15) is 4.98 Å². The van der Waals surface area contributed by atoms with Crippen LogP contribution in [0.2, 0.25) is 0 Å². The molecule has 0 unspecified atom stereocenters. The van der Waals surface area contributed by atoms with E-state index in [1.54, 1.807) is 0 Å². The van der Waals surface area contributed by atoms with E-state index in [1.807, 2.05) is 30.3 Å². The Balaban J connectivity index is 0.00000120. The molecule has 18 heavy (non-hydrogen) atoms. The monoisotopic (exact) mass is 265 g/mol. The van der Waals surface area contributed by atoms with Crippen molar-refractivity contribution in [3.8, 4) is 11.4 Å². The molecule has 1 heterocycles. The summed E-state index contributed by atoms with van der Waals surface area (Å²) in [5, 5.41) is 7.31. The van der Waals surface area contributed by atoms with E-state index >= 15 is 0 Å². The van der Waals surface area contributed by atoms with Gasteiger partial charge in [0, 0.05) is 5.56 Å². The first-order valence-corrected chi connectivity index (χ1v) is 6.00. The van der Waals surface area contributed by atoms with Crippen molar-refractivity contribution in [3.63, 3.8) is 0 Å². The Morgan fingerprint density at radius 1 is 1.22 bits per heavy atom. The Labute approximate surface area is 112 Å². The van der Waals surface area contributed by atoms with Crippen molar-refractivity contribution in [2.75, 3.05) is 6.54 Å². The Morgan fingerprint density at radius 2 is 2.00 bits per heavy atom. The average molecular weight is 266 g/mol. The average Bonchev–Trinajstić information content (AvgIpc) is 3.07. The molecule has 1 N–H and O–H groups in total. The molecule has 1 fully saturated rings. The highest BCUT2D eigenvalue weighted by Gasteiger charge is 2.20. The molecule has 5 heteroatoms. The van der Waals surface area contributed by atoms with Crippen molar-refractivity contribution in [3.05, 3.63) is 36.2 Å². The maximum atomic E-state index is 5.20. The molecule has 1 aliphatic carbocycles. The number of nitrogens with one attached hydrogen (secondary N) is 1. The zero-order chi connectivity index (χ0) is 11.5. The molecular formula is C13H16ClN3O. The van der Waals surface area contributed by atoms with Gasteiger partial charge in [-0.3, -0.25) is 0 Å². The van der Waals surface area contributed by atoms with E-state index in [0.29, 0.717) is 18.3 Å². The first kappa shape index (κ1) is 13.1. The second-order valence-electron chi connectivity index (χ2n) is 4.45. The van der Waals surface area contributed by atoms with Crippen LogP contribution in [0.4, 0.5) is 0 Å². The van der Waals surface area contributed by atoms with Crippen molar-refractivity contribution in [1.82, 2.24) is 15.5 Å². The third-order valence-corrected chi connectivity index (χ3v) is 2.91. The standard InChI is InChI=1S/C13H15N3O.ClH/c1-2-4-11(5-3-1)13-15-12(17-16-13)9-14-8-10-6-7-10;/h1-5,10,14H,6-9H2;1H. The summed E-state index contributed by atoms with van der Waals surface area (Å²) in [6.45, 7) is 1.72. The number of halogens is 1. The van der Waals surface area contributed by atoms with Crippen LogP contribution < -0.4 is 5.32 Å². The molecule has 2 aromatic rings. The van der Waals surface area contributed by atoms with Crippen LogP contribution in [0.25, 0.3) is 11.4 Å². The van der Waals surface area contributed by atoms with Crippen molar-refractivity contribution in [1.29, 1.82) is 0 Å². The van der Waals surface area contributed by atoms with Crippen molar-refractivity contribution < 1.29 is 4.52 Å². The molecule has 4 nitrogen and oxygen atoms in total. The van der Waals surface area contributed by atoms with Gasteiger partial charge in [0.15, 0.2) is 0 Å². The van der Waals surface area contributed by atoms with Gasteiger partial charge in [-0.15, -0.1) is 12.4 Å². The third kappa shape index (κ3) is 3.31. The van der Waals surface area contributed by atoms with Crippen LogP contribution in [0.3, 0.4) is 0 Å². The van der Waals surface area contributed by atoms with Crippen LogP contribution in [0.5, 0.6) is 0 Å². The first-order valence-electron chi connectivity index (χ1n) is 6.00. The summed E-state index contributed by atoms with van der Waals surface area (Å²) >= 11 is 0. The topological polar surface area (TPSA) is 51.0 Å². The minimum atomic E-state index is 0.